The van der Waals surface area contributed by atoms with Crippen LogP contribution in [-0.2, 0) is 17.8 Å². The molecule has 1 aliphatic heterocycles. The predicted octanol–water partition coefficient (Wildman–Crippen LogP) is 0.832. The Hall–Kier alpha value is -3.22. The van der Waals surface area contributed by atoms with Gasteiger partial charge in [-0.25, -0.2) is 4.79 Å². The average molecular weight is 325 g/mol. The highest BCUT2D eigenvalue weighted by Gasteiger charge is 2.35. The molecule has 1 aliphatic rings. The van der Waals surface area contributed by atoms with Crippen molar-refractivity contribution in [3.8, 4) is 0 Å². The summed E-state index contributed by atoms with van der Waals surface area (Å²) >= 11 is 0. The summed E-state index contributed by atoms with van der Waals surface area (Å²) in [5, 5.41) is 9.47. The van der Waals surface area contributed by atoms with Gasteiger partial charge >= 0.3 is 5.97 Å². The van der Waals surface area contributed by atoms with E-state index in [0.717, 1.165) is 11.1 Å². The van der Waals surface area contributed by atoms with Gasteiger partial charge in [0.15, 0.2) is 0 Å². The van der Waals surface area contributed by atoms with E-state index < -0.39 is 23.8 Å². The summed E-state index contributed by atoms with van der Waals surface area (Å²) in [7, 11) is 0. The molecular formula is C17H15N3O4. The molecule has 2 heterocycles. The molecule has 0 aliphatic carbocycles. The second kappa shape index (κ2) is 6.11. The van der Waals surface area contributed by atoms with E-state index in [9.17, 15) is 19.5 Å². The SMILES string of the molecule is NC(=O)c1ccc(C(=O)N2Cc3ccccc3C[C@H]2C(=O)O)nc1. The van der Waals surface area contributed by atoms with Crippen LogP contribution in [0.4, 0.5) is 0 Å². The first kappa shape index (κ1) is 15.7. The second-order valence-electron chi connectivity index (χ2n) is 5.56. The summed E-state index contributed by atoms with van der Waals surface area (Å²) in [5.74, 6) is -2.20. The van der Waals surface area contributed by atoms with Gasteiger partial charge in [-0.15, -0.1) is 0 Å². The first-order chi connectivity index (χ1) is 11.5. The maximum absolute atomic E-state index is 12.7. The smallest absolute Gasteiger partial charge is 0.326 e. The Morgan fingerprint density at radius 1 is 1.12 bits per heavy atom. The minimum absolute atomic E-state index is 0.0747. The molecule has 0 unspecified atom stereocenters. The van der Waals surface area contributed by atoms with Crippen LogP contribution in [-0.4, -0.2) is 38.8 Å². The number of nitrogens with two attached hydrogens (primary N) is 1. The largest absolute Gasteiger partial charge is 0.480 e. The number of rotatable bonds is 3. The highest BCUT2D eigenvalue weighted by atomic mass is 16.4. The number of carboxylic acids is 1. The van der Waals surface area contributed by atoms with Crippen LogP contribution in [0.3, 0.4) is 0 Å². The molecule has 1 aromatic carbocycles. The summed E-state index contributed by atoms with van der Waals surface area (Å²) in [6, 6.07) is 9.26. The second-order valence-corrected chi connectivity index (χ2v) is 5.56. The lowest BCUT2D eigenvalue weighted by molar-refractivity contribution is -0.142. The number of carbonyl (C=O) groups excluding carboxylic acids is 2. The van der Waals surface area contributed by atoms with E-state index in [1.807, 2.05) is 24.3 Å². The lowest BCUT2D eigenvalue weighted by Crippen LogP contribution is -2.48. The van der Waals surface area contributed by atoms with Gasteiger partial charge in [-0.1, -0.05) is 24.3 Å². The van der Waals surface area contributed by atoms with Crippen LogP contribution in [0.5, 0.6) is 0 Å². The minimum atomic E-state index is -1.06. The molecule has 2 aromatic rings. The topological polar surface area (TPSA) is 114 Å². The van der Waals surface area contributed by atoms with Crippen LogP contribution in [0.15, 0.2) is 42.6 Å². The zero-order valence-electron chi connectivity index (χ0n) is 12.7. The van der Waals surface area contributed by atoms with Gasteiger partial charge in [-0.05, 0) is 23.3 Å². The molecule has 1 aromatic heterocycles. The molecule has 0 fully saturated rings. The molecule has 122 valence electrons. The van der Waals surface area contributed by atoms with Crippen LogP contribution in [0.1, 0.15) is 32.0 Å². The van der Waals surface area contributed by atoms with E-state index in [4.69, 9.17) is 5.73 Å². The number of amides is 2. The third kappa shape index (κ3) is 2.83. The van der Waals surface area contributed by atoms with Crippen molar-refractivity contribution in [2.24, 2.45) is 5.73 Å². The van der Waals surface area contributed by atoms with Gasteiger partial charge in [-0.2, -0.15) is 0 Å². The van der Waals surface area contributed by atoms with Crippen molar-refractivity contribution in [1.82, 2.24) is 9.88 Å². The standard InChI is InChI=1S/C17H15N3O4/c18-15(21)11-5-6-13(19-8-11)16(22)20-9-12-4-2-1-3-10(12)7-14(20)17(23)24/h1-6,8,14H,7,9H2,(H2,18,21)(H,23,24)/t14-/m0/s1. The number of hydrogen-bond acceptors (Lipinski definition) is 4. The Balaban J connectivity index is 1.92. The molecule has 0 saturated carbocycles. The summed E-state index contributed by atoms with van der Waals surface area (Å²) in [6.45, 7) is 0.200. The fourth-order valence-corrected chi connectivity index (χ4v) is 2.77. The third-order valence-electron chi connectivity index (χ3n) is 4.06. The lowest BCUT2D eigenvalue weighted by atomic mass is 9.93. The molecule has 2 amide bonds. The molecule has 3 N–H and O–H groups in total. The monoisotopic (exact) mass is 325 g/mol. The van der Waals surface area contributed by atoms with Gasteiger partial charge in [-0.3, -0.25) is 14.6 Å². The van der Waals surface area contributed by atoms with Crippen molar-refractivity contribution in [2.75, 3.05) is 0 Å². The van der Waals surface area contributed by atoms with Crippen molar-refractivity contribution in [1.29, 1.82) is 0 Å². The van der Waals surface area contributed by atoms with Gasteiger partial charge in [0.05, 0.1) is 5.56 Å². The van der Waals surface area contributed by atoms with Crippen molar-refractivity contribution in [2.45, 2.75) is 19.0 Å². The maximum Gasteiger partial charge on any atom is 0.326 e. The molecule has 24 heavy (non-hydrogen) atoms. The number of hydrogen-bond donors (Lipinski definition) is 2. The Kier molecular flexibility index (Phi) is 3.99. The third-order valence-corrected chi connectivity index (χ3v) is 4.06. The summed E-state index contributed by atoms with van der Waals surface area (Å²) in [6.07, 6.45) is 1.46. The fraction of sp³-hybridized carbons (Fsp3) is 0.176. The zero-order chi connectivity index (χ0) is 17.3. The van der Waals surface area contributed by atoms with Gasteiger partial charge in [0, 0.05) is 19.2 Å². The zero-order valence-corrected chi connectivity index (χ0v) is 12.7. The number of carboxylic acid groups (broad SMARTS) is 1. The van der Waals surface area contributed by atoms with Crippen LogP contribution < -0.4 is 5.73 Å². The molecule has 3 rings (SSSR count). The van der Waals surface area contributed by atoms with E-state index in [1.54, 1.807) is 0 Å². The van der Waals surface area contributed by atoms with E-state index in [1.165, 1.54) is 23.2 Å². The van der Waals surface area contributed by atoms with Crippen LogP contribution in [0, 0.1) is 0 Å². The quantitative estimate of drug-likeness (QED) is 0.868. The molecule has 0 radical (unpaired) electrons. The number of primary amides is 1. The van der Waals surface area contributed by atoms with Crippen molar-refractivity contribution in [3.63, 3.8) is 0 Å². The first-order valence-corrected chi connectivity index (χ1v) is 7.34. The van der Waals surface area contributed by atoms with Crippen molar-refractivity contribution >= 4 is 17.8 Å². The van der Waals surface area contributed by atoms with E-state index in [0.29, 0.717) is 0 Å². The molecule has 0 saturated heterocycles. The Morgan fingerprint density at radius 3 is 2.42 bits per heavy atom. The molecule has 0 bridgehead atoms. The van der Waals surface area contributed by atoms with Crippen molar-refractivity contribution < 1.29 is 19.5 Å². The van der Waals surface area contributed by atoms with E-state index >= 15 is 0 Å². The Morgan fingerprint density at radius 2 is 1.83 bits per heavy atom. The number of pyridine rings is 1. The van der Waals surface area contributed by atoms with Gasteiger partial charge in [0.2, 0.25) is 5.91 Å². The van der Waals surface area contributed by atoms with Crippen LogP contribution >= 0.6 is 0 Å². The summed E-state index contributed by atoms with van der Waals surface area (Å²) in [5.41, 5.74) is 7.24. The highest BCUT2D eigenvalue weighted by molar-refractivity contribution is 5.97. The first-order valence-electron chi connectivity index (χ1n) is 7.34. The summed E-state index contributed by atoms with van der Waals surface area (Å²) < 4.78 is 0. The minimum Gasteiger partial charge on any atom is -0.480 e. The van der Waals surface area contributed by atoms with Crippen molar-refractivity contribution in [3.05, 3.63) is 65.0 Å². The number of benzene rings is 1. The van der Waals surface area contributed by atoms with E-state index in [-0.39, 0.29) is 24.2 Å². The average Bonchev–Trinajstić information content (AvgIpc) is 2.60. The van der Waals surface area contributed by atoms with Crippen LogP contribution in [0.2, 0.25) is 0 Å². The number of aliphatic carboxylic acids is 1. The molecule has 0 spiro atoms. The normalized spacial score (nSPS) is 16.3. The van der Waals surface area contributed by atoms with Gasteiger partial charge in [0.25, 0.3) is 5.91 Å². The summed E-state index contributed by atoms with van der Waals surface area (Å²) in [4.78, 5) is 40.6. The number of nitrogens with zero attached hydrogens (tertiary/aromatic N) is 2. The maximum atomic E-state index is 12.7. The Bertz CT molecular complexity index is 817. The highest BCUT2D eigenvalue weighted by Crippen LogP contribution is 2.24. The van der Waals surface area contributed by atoms with Gasteiger partial charge < -0.3 is 15.7 Å². The predicted molar refractivity (Wildman–Crippen MR) is 84.2 cm³/mol. The molecule has 1 atom stereocenters. The Labute approximate surface area is 137 Å². The molecular weight excluding hydrogens is 310 g/mol. The van der Waals surface area contributed by atoms with Gasteiger partial charge in [0.1, 0.15) is 11.7 Å². The number of aromatic nitrogens is 1. The van der Waals surface area contributed by atoms with E-state index in [2.05, 4.69) is 4.98 Å². The number of carbonyl (C=O) groups is 3. The fourth-order valence-electron chi connectivity index (χ4n) is 2.77. The number of fused-ring (bicyclic) bond motifs is 1. The lowest BCUT2D eigenvalue weighted by Gasteiger charge is -2.34. The molecule has 7 heteroatoms. The van der Waals surface area contributed by atoms with Crippen LogP contribution in [0.25, 0.3) is 0 Å². The molecule has 7 nitrogen and oxygen atoms in total.